The van der Waals surface area contributed by atoms with Gasteiger partial charge in [-0.25, -0.2) is 0 Å². The molecule has 0 saturated carbocycles. The van der Waals surface area contributed by atoms with E-state index in [0.717, 1.165) is 16.7 Å². The van der Waals surface area contributed by atoms with Gasteiger partial charge in [-0.3, -0.25) is 9.69 Å². The van der Waals surface area contributed by atoms with Crippen LogP contribution in [0.5, 0.6) is 11.5 Å². The molecule has 178 valence electrons. The first-order valence-corrected chi connectivity index (χ1v) is 12.1. The van der Waals surface area contributed by atoms with Gasteiger partial charge >= 0.3 is 5.97 Å². The van der Waals surface area contributed by atoms with Crippen molar-refractivity contribution in [2.24, 2.45) is 5.92 Å². The first kappa shape index (κ1) is 24.1. The molecule has 1 aliphatic heterocycles. The number of likely N-dealkylation sites (tertiary alicyclic amines) is 1. The molecule has 0 aliphatic carbocycles. The van der Waals surface area contributed by atoms with Gasteiger partial charge in [0.2, 0.25) is 0 Å². The highest BCUT2D eigenvalue weighted by atomic mass is 35.5. The Balaban J connectivity index is 1.63. The first-order valence-electron chi connectivity index (χ1n) is 11.7. The van der Waals surface area contributed by atoms with E-state index in [9.17, 15) is 9.90 Å². The van der Waals surface area contributed by atoms with Crippen LogP contribution < -0.4 is 9.47 Å². The molecule has 1 saturated heterocycles. The van der Waals surface area contributed by atoms with Gasteiger partial charge in [-0.15, -0.1) is 0 Å². The second-order valence-corrected chi connectivity index (χ2v) is 8.96. The molecule has 1 fully saturated rings. The third-order valence-electron chi connectivity index (χ3n) is 6.23. The quantitative estimate of drug-likeness (QED) is 0.395. The lowest BCUT2D eigenvalue weighted by Gasteiger charge is -2.37. The summed E-state index contributed by atoms with van der Waals surface area (Å²) in [6.45, 7) is 4.34. The van der Waals surface area contributed by atoms with E-state index >= 15 is 0 Å². The fraction of sp³-hybridized carbons (Fsp3) is 0.321. The monoisotopic (exact) mass is 479 g/mol. The Morgan fingerprint density at radius 2 is 1.71 bits per heavy atom. The molecule has 0 radical (unpaired) electrons. The molecule has 1 atom stereocenters. The summed E-state index contributed by atoms with van der Waals surface area (Å²) in [5, 5.41) is 10.1. The molecule has 5 nitrogen and oxygen atoms in total. The lowest BCUT2D eigenvalue weighted by atomic mass is 9.91. The number of aliphatic carboxylic acids is 1. The number of hydrogen-bond donors (Lipinski definition) is 1. The van der Waals surface area contributed by atoms with Crippen LogP contribution in [0.25, 0.3) is 0 Å². The van der Waals surface area contributed by atoms with Gasteiger partial charge in [0.25, 0.3) is 0 Å². The second-order valence-electron chi connectivity index (χ2n) is 8.52. The van der Waals surface area contributed by atoms with Crippen molar-refractivity contribution in [1.29, 1.82) is 0 Å². The molecule has 0 bridgehead atoms. The molecule has 0 spiro atoms. The molecule has 1 aliphatic rings. The van der Waals surface area contributed by atoms with E-state index in [0.29, 0.717) is 55.7 Å². The third kappa shape index (κ3) is 5.91. The van der Waals surface area contributed by atoms with Gasteiger partial charge < -0.3 is 14.6 Å². The Hall–Kier alpha value is -3.02. The van der Waals surface area contributed by atoms with Crippen LogP contribution in [0.4, 0.5) is 0 Å². The maximum atomic E-state index is 11.5. The zero-order valence-corrected chi connectivity index (χ0v) is 20.1. The first-order chi connectivity index (χ1) is 16.5. The molecule has 6 heteroatoms. The van der Waals surface area contributed by atoms with E-state index in [4.69, 9.17) is 21.1 Å². The molecule has 0 amide bonds. The maximum absolute atomic E-state index is 11.5. The predicted octanol–water partition coefficient (Wildman–Crippen LogP) is 6.20. The highest BCUT2D eigenvalue weighted by Crippen LogP contribution is 2.38. The standard InChI is InChI=1S/C28H30ClNO4/c1-2-33-26-18-23(11-12-25(26)34-19-20-7-4-3-5-8-20)27(22-9-6-10-24(29)17-22)30-15-13-21(14-16-30)28(31)32/h3-12,17-18,21,27H,2,13-16,19H2,1H3,(H,31,32). The summed E-state index contributed by atoms with van der Waals surface area (Å²) >= 11 is 6.34. The number of ether oxygens (including phenoxy) is 2. The third-order valence-corrected chi connectivity index (χ3v) is 6.46. The van der Waals surface area contributed by atoms with Crippen LogP contribution in [-0.4, -0.2) is 35.7 Å². The van der Waals surface area contributed by atoms with Crippen molar-refractivity contribution in [3.8, 4) is 11.5 Å². The number of nitrogens with zero attached hydrogens (tertiary/aromatic N) is 1. The lowest BCUT2D eigenvalue weighted by molar-refractivity contribution is -0.143. The molecule has 3 aromatic carbocycles. The van der Waals surface area contributed by atoms with Crippen LogP contribution in [0.2, 0.25) is 5.02 Å². The van der Waals surface area contributed by atoms with E-state index in [1.54, 1.807) is 0 Å². The molecule has 34 heavy (non-hydrogen) atoms. The Kier molecular flexibility index (Phi) is 8.09. The molecule has 0 aromatic heterocycles. The van der Waals surface area contributed by atoms with Gasteiger partial charge in [0.1, 0.15) is 6.61 Å². The zero-order valence-electron chi connectivity index (χ0n) is 19.3. The van der Waals surface area contributed by atoms with Crippen molar-refractivity contribution in [1.82, 2.24) is 4.90 Å². The van der Waals surface area contributed by atoms with E-state index in [-0.39, 0.29) is 12.0 Å². The molecule has 4 rings (SSSR count). The molecular formula is C28H30ClNO4. The number of hydrogen-bond acceptors (Lipinski definition) is 4. The smallest absolute Gasteiger partial charge is 0.306 e. The average Bonchev–Trinajstić information content (AvgIpc) is 2.85. The molecule has 3 aromatic rings. The fourth-order valence-electron chi connectivity index (χ4n) is 4.51. The van der Waals surface area contributed by atoms with Gasteiger partial charge in [0, 0.05) is 5.02 Å². The summed E-state index contributed by atoms with van der Waals surface area (Å²) in [4.78, 5) is 13.8. The van der Waals surface area contributed by atoms with E-state index in [1.165, 1.54) is 0 Å². The van der Waals surface area contributed by atoms with Crippen molar-refractivity contribution in [2.45, 2.75) is 32.4 Å². The van der Waals surface area contributed by atoms with Crippen LogP contribution in [0, 0.1) is 5.92 Å². The average molecular weight is 480 g/mol. The summed E-state index contributed by atoms with van der Waals surface area (Å²) < 4.78 is 12.1. The summed E-state index contributed by atoms with van der Waals surface area (Å²) in [5.41, 5.74) is 3.22. The minimum Gasteiger partial charge on any atom is -0.490 e. The van der Waals surface area contributed by atoms with Crippen LogP contribution >= 0.6 is 11.6 Å². The van der Waals surface area contributed by atoms with E-state index in [2.05, 4.69) is 17.0 Å². The minimum atomic E-state index is -0.711. The lowest BCUT2D eigenvalue weighted by Crippen LogP contribution is -2.39. The predicted molar refractivity (Wildman–Crippen MR) is 134 cm³/mol. The number of carboxylic acid groups (broad SMARTS) is 1. The second kappa shape index (κ2) is 11.4. The van der Waals surface area contributed by atoms with Gasteiger partial charge in [0.15, 0.2) is 11.5 Å². The van der Waals surface area contributed by atoms with Crippen molar-refractivity contribution in [3.05, 3.63) is 94.5 Å². The number of rotatable bonds is 9. The number of piperidine rings is 1. The number of benzene rings is 3. The number of carbonyl (C=O) groups is 1. The Morgan fingerprint density at radius 1 is 0.971 bits per heavy atom. The summed E-state index contributed by atoms with van der Waals surface area (Å²) in [6, 6.07) is 23.9. The summed E-state index contributed by atoms with van der Waals surface area (Å²) in [7, 11) is 0. The molecule has 1 heterocycles. The van der Waals surface area contributed by atoms with Gasteiger partial charge in [0.05, 0.1) is 18.6 Å². The largest absolute Gasteiger partial charge is 0.490 e. The van der Waals surface area contributed by atoms with Crippen LogP contribution in [0.1, 0.15) is 42.5 Å². The minimum absolute atomic E-state index is 0.0594. The SMILES string of the molecule is CCOc1cc(C(c2cccc(Cl)c2)N2CCC(C(=O)O)CC2)ccc1OCc1ccccc1. The Bertz CT molecular complexity index is 1100. The Labute approximate surface area is 205 Å². The van der Waals surface area contributed by atoms with Crippen LogP contribution in [0.3, 0.4) is 0 Å². The summed E-state index contributed by atoms with van der Waals surface area (Å²) in [6.07, 6.45) is 1.26. The molecule has 1 N–H and O–H groups in total. The van der Waals surface area contributed by atoms with Gasteiger partial charge in [-0.2, -0.15) is 0 Å². The van der Waals surface area contributed by atoms with Gasteiger partial charge in [-0.05, 0) is 73.8 Å². The van der Waals surface area contributed by atoms with Crippen molar-refractivity contribution in [3.63, 3.8) is 0 Å². The number of carboxylic acids is 1. The van der Waals surface area contributed by atoms with Crippen molar-refractivity contribution in [2.75, 3.05) is 19.7 Å². The number of halogens is 1. The van der Waals surface area contributed by atoms with E-state index in [1.807, 2.05) is 67.6 Å². The van der Waals surface area contributed by atoms with Crippen molar-refractivity contribution >= 4 is 17.6 Å². The normalized spacial score (nSPS) is 15.6. The Morgan fingerprint density at radius 3 is 2.38 bits per heavy atom. The summed E-state index contributed by atoms with van der Waals surface area (Å²) in [5.74, 6) is 0.397. The zero-order chi connectivity index (χ0) is 23.9. The van der Waals surface area contributed by atoms with Crippen LogP contribution in [0.15, 0.2) is 72.8 Å². The van der Waals surface area contributed by atoms with Crippen LogP contribution in [-0.2, 0) is 11.4 Å². The highest BCUT2D eigenvalue weighted by molar-refractivity contribution is 6.30. The molecule has 1 unspecified atom stereocenters. The van der Waals surface area contributed by atoms with Gasteiger partial charge in [-0.1, -0.05) is 60.1 Å². The van der Waals surface area contributed by atoms with E-state index < -0.39 is 5.97 Å². The highest BCUT2D eigenvalue weighted by Gasteiger charge is 2.30. The topological polar surface area (TPSA) is 59.0 Å². The fourth-order valence-corrected chi connectivity index (χ4v) is 4.71. The maximum Gasteiger partial charge on any atom is 0.306 e. The molecular weight excluding hydrogens is 450 g/mol. The van der Waals surface area contributed by atoms with Crippen molar-refractivity contribution < 1.29 is 19.4 Å².